The van der Waals surface area contributed by atoms with Gasteiger partial charge in [-0.2, -0.15) is 5.26 Å². The Kier molecular flexibility index (Phi) is 7.10. The molecule has 0 unspecified atom stereocenters. The Morgan fingerprint density at radius 1 is 1.29 bits per heavy atom. The van der Waals surface area contributed by atoms with Crippen LogP contribution in [0.5, 0.6) is 0 Å². The van der Waals surface area contributed by atoms with Gasteiger partial charge in [0.1, 0.15) is 11.2 Å². The average Bonchev–Trinajstić information content (AvgIpc) is 2.78. The van der Waals surface area contributed by atoms with Crippen LogP contribution in [0, 0.1) is 27.4 Å². The highest BCUT2D eigenvalue weighted by atomic mass is 16.6. The van der Waals surface area contributed by atoms with Gasteiger partial charge in [0, 0.05) is 19.2 Å². The number of anilines is 1. The monoisotopic (exact) mass is 428 g/mol. The maximum Gasteiger partial charge on any atom is 0.338 e. The standard InChI is InChI=1S/C22H28N4O5/c1-16-7-11-25(12-8-16)18-6-5-17(13-19(18)26(29)30)21(28)31-14-20(27)24-22(15-23)9-3-2-4-10-22/h5-6,13,16H,2-4,7-12,14H2,1H3,(H,24,27). The summed E-state index contributed by atoms with van der Waals surface area (Å²) in [6, 6.07) is 6.43. The smallest absolute Gasteiger partial charge is 0.338 e. The van der Waals surface area contributed by atoms with E-state index < -0.39 is 28.9 Å². The topological polar surface area (TPSA) is 126 Å². The molecule has 1 amide bonds. The van der Waals surface area contributed by atoms with Crippen molar-refractivity contribution < 1.29 is 19.2 Å². The summed E-state index contributed by atoms with van der Waals surface area (Å²) in [4.78, 5) is 37.7. The Bertz CT molecular complexity index is 880. The molecule has 1 N–H and O–H groups in total. The van der Waals surface area contributed by atoms with Crippen LogP contribution in [-0.2, 0) is 9.53 Å². The molecule has 1 saturated carbocycles. The van der Waals surface area contributed by atoms with Gasteiger partial charge in [-0.15, -0.1) is 0 Å². The van der Waals surface area contributed by atoms with Crippen molar-refractivity contribution in [1.29, 1.82) is 5.26 Å². The number of carbonyl (C=O) groups excluding carboxylic acids is 2. The Morgan fingerprint density at radius 3 is 2.58 bits per heavy atom. The zero-order chi connectivity index (χ0) is 22.4. The normalized spacial score (nSPS) is 18.6. The minimum atomic E-state index is -0.909. The van der Waals surface area contributed by atoms with Gasteiger partial charge in [-0.25, -0.2) is 4.79 Å². The van der Waals surface area contributed by atoms with Gasteiger partial charge in [0.2, 0.25) is 0 Å². The first-order chi connectivity index (χ1) is 14.8. The van der Waals surface area contributed by atoms with Gasteiger partial charge in [0.15, 0.2) is 6.61 Å². The number of hydrogen-bond acceptors (Lipinski definition) is 7. The van der Waals surface area contributed by atoms with Crippen LogP contribution >= 0.6 is 0 Å². The summed E-state index contributed by atoms with van der Waals surface area (Å²) in [5, 5.41) is 23.7. The van der Waals surface area contributed by atoms with Gasteiger partial charge in [-0.3, -0.25) is 14.9 Å². The third-order valence-electron chi connectivity index (χ3n) is 6.17. The summed E-state index contributed by atoms with van der Waals surface area (Å²) in [6.45, 7) is 3.08. The lowest BCUT2D eigenvalue weighted by molar-refractivity contribution is -0.384. The van der Waals surface area contributed by atoms with Gasteiger partial charge < -0.3 is 15.0 Å². The number of carbonyl (C=O) groups is 2. The number of nitrogens with zero attached hydrogens (tertiary/aromatic N) is 3. The molecule has 2 aliphatic rings. The molecule has 1 saturated heterocycles. The van der Waals surface area contributed by atoms with E-state index in [0.29, 0.717) is 24.4 Å². The van der Waals surface area contributed by atoms with Crippen molar-refractivity contribution in [2.75, 3.05) is 24.6 Å². The number of hydrogen-bond donors (Lipinski definition) is 1. The Hall–Kier alpha value is -3.15. The third kappa shape index (κ3) is 5.51. The van der Waals surface area contributed by atoms with Gasteiger partial charge in [-0.1, -0.05) is 26.2 Å². The summed E-state index contributed by atoms with van der Waals surface area (Å²) in [7, 11) is 0. The largest absolute Gasteiger partial charge is 0.452 e. The third-order valence-corrected chi connectivity index (χ3v) is 6.17. The molecule has 0 aromatic heterocycles. The van der Waals surface area contributed by atoms with E-state index in [-0.39, 0.29) is 11.3 Å². The molecule has 0 spiro atoms. The Balaban J connectivity index is 1.63. The molecule has 0 radical (unpaired) electrons. The van der Waals surface area contributed by atoms with Crippen LogP contribution in [0.4, 0.5) is 11.4 Å². The number of nitro groups is 1. The highest BCUT2D eigenvalue weighted by molar-refractivity contribution is 5.93. The van der Waals surface area contributed by atoms with Crippen molar-refractivity contribution in [1.82, 2.24) is 5.32 Å². The van der Waals surface area contributed by atoms with Gasteiger partial charge >= 0.3 is 5.97 Å². The first-order valence-electron chi connectivity index (χ1n) is 10.8. The molecule has 1 aliphatic carbocycles. The molecule has 9 nitrogen and oxygen atoms in total. The fraction of sp³-hybridized carbons (Fsp3) is 0.591. The second-order valence-electron chi connectivity index (χ2n) is 8.51. The van der Waals surface area contributed by atoms with Gasteiger partial charge in [0.25, 0.3) is 11.6 Å². The number of nitriles is 1. The number of esters is 1. The minimum absolute atomic E-state index is 0.0151. The molecule has 1 heterocycles. The fourth-order valence-corrected chi connectivity index (χ4v) is 4.25. The number of rotatable bonds is 6. The van der Waals surface area contributed by atoms with Crippen LogP contribution in [0.3, 0.4) is 0 Å². The molecule has 2 fully saturated rings. The van der Waals surface area contributed by atoms with Crippen molar-refractivity contribution in [3.05, 3.63) is 33.9 Å². The number of benzene rings is 1. The summed E-state index contributed by atoms with van der Waals surface area (Å²) in [5.74, 6) is -0.776. The number of amides is 1. The van der Waals surface area contributed by atoms with E-state index in [1.807, 2.05) is 4.90 Å². The highest BCUT2D eigenvalue weighted by Gasteiger charge is 2.34. The van der Waals surface area contributed by atoms with E-state index in [4.69, 9.17) is 4.74 Å². The molecule has 3 rings (SSSR count). The number of ether oxygens (including phenoxy) is 1. The van der Waals surface area contributed by atoms with Crippen molar-refractivity contribution >= 4 is 23.3 Å². The van der Waals surface area contributed by atoms with E-state index in [2.05, 4.69) is 18.3 Å². The molecule has 1 aromatic carbocycles. The quantitative estimate of drug-likeness (QED) is 0.418. The molecule has 1 aromatic rings. The van der Waals surface area contributed by atoms with E-state index in [1.165, 1.54) is 12.1 Å². The lowest BCUT2D eigenvalue weighted by atomic mass is 9.83. The zero-order valence-corrected chi connectivity index (χ0v) is 17.8. The second-order valence-corrected chi connectivity index (χ2v) is 8.51. The first-order valence-corrected chi connectivity index (χ1v) is 10.8. The lowest BCUT2D eigenvalue weighted by Gasteiger charge is -2.31. The second kappa shape index (κ2) is 9.77. The van der Waals surface area contributed by atoms with Crippen molar-refractivity contribution in [3.8, 4) is 6.07 Å². The summed E-state index contributed by atoms with van der Waals surface area (Å²) >= 11 is 0. The molecule has 166 valence electrons. The maximum absolute atomic E-state index is 12.4. The predicted molar refractivity (Wildman–Crippen MR) is 114 cm³/mol. The Labute approximate surface area is 181 Å². The first kappa shape index (κ1) is 22.5. The van der Waals surface area contributed by atoms with Crippen LogP contribution in [0.2, 0.25) is 0 Å². The average molecular weight is 428 g/mol. The van der Waals surface area contributed by atoms with E-state index in [9.17, 15) is 25.0 Å². The minimum Gasteiger partial charge on any atom is -0.452 e. The van der Waals surface area contributed by atoms with E-state index in [0.717, 1.165) is 45.2 Å². The van der Waals surface area contributed by atoms with Crippen LogP contribution < -0.4 is 10.2 Å². The maximum atomic E-state index is 12.4. The molecular weight excluding hydrogens is 400 g/mol. The van der Waals surface area contributed by atoms with Crippen LogP contribution in [0.1, 0.15) is 62.2 Å². The fourth-order valence-electron chi connectivity index (χ4n) is 4.25. The van der Waals surface area contributed by atoms with Gasteiger partial charge in [-0.05, 0) is 43.7 Å². The summed E-state index contributed by atoms with van der Waals surface area (Å²) in [5.41, 5.74) is -0.562. The molecular formula is C22H28N4O5. The van der Waals surface area contributed by atoms with Crippen LogP contribution in [0.15, 0.2) is 18.2 Å². The van der Waals surface area contributed by atoms with Crippen LogP contribution in [-0.4, -0.2) is 42.0 Å². The Morgan fingerprint density at radius 2 is 1.97 bits per heavy atom. The van der Waals surface area contributed by atoms with E-state index in [1.54, 1.807) is 6.07 Å². The van der Waals surface area contributed by atoms with Crippen molar-refractivity contribution in [2.45, 2.75) is 57.4 Å². The SMILES string of the molecule is CC1CCN(c2ccc(C(=O)OCC(=O)NC3(C#N)CCCCC3)cc2[N+](=O)[O-])CC1. The molecule has 9 heteroatoms. The lowest BCUT2D eigenvalue weighted by Crippen LogP contribution is -2.50. The number of nitro benzene ring substituents is 1. The predicted octanol–water partition coefficient (Wildman–Crippen LogP) is 3.33. The van der Waals surface area contributed by atoms with Crippen LogP contribution in [0.25, 0.3) is 0 Å². The summed E-state index contributed by atoms with van der Waals surface area (Å²) < 4.78 is 5.06. The molecule has 0 bridgehead atoms. The zero-order valence-electron chi connectivity index (χ0n) is 17.8. The summed E-state index contributed by atoms with van der Waals surface area (Å²) in [6.07, 6.45) is 5.82. The molecule has 31 heavy (non-hydrogen) atoms. The number of piperidine rings is 1. The molecule has 0 atom stereocenters. The van der Waals surface area contributed by atoms with Crippen molar-refractivity contribution in [2.24, 2.45) is 5.92 Å². The highest BCUT2D eigenvalue weighted by Crippen LogP contribution is 2.32. The van der Waals surface area contributed by atoms with E-state index >= 15 is 0 Å². The van der Waals surface area contributed by atoms with Crippen molar-refractivity contribution in [3.63, 3.8) is 0 Å². The number of nitrogens with one attached hydrogen (secondary N) is 1. The van der Waals surface area contributed by atoms with Gasteiger partial charge in [0.05, 0.1) is 16.6 Å². The molecule has 1 aliphatic heterocycles.